The van der Waals surface area contributed by atoms with Crippen molar-refractivity contribution in [3.8, 4) is 0 Å². The minimum atomic E-state index is -0.200. The third-order valence-corrected chi connectivity index (χ3v) is 1.72. The van der Waals surface area contributed by atoms with E-state index in [0.29, 0.717) is 11.5 Å². The number of alkyl halides is 1. The summed E-state index contributed by atoms with van der Waals surface area (Å²) in [6, 6.07) is 2.98. The zero-order valence-corrected chi connectivity index (χ0v) is 6.75. The molecule has 2 aromatic heterocycles. The lowest BCUT2D eigenvalue weighted by atomic mass is 10.5. The number of rotatable bonds is 1. The van der Waals surface area contributed by atoms with Gasteiger partial charge >= 0.3 is 0 Å². The van der Waals surface area contributed by atoms with Gasteiger partial charge in [0.2, 0.25) is 0 Å². The van der Waals surface area contributed by atoms with E-state index < -0.39 is 0 Å². The van der Waals surface area contributed by atoms with E-state index in [0.717, 1.165) is 0 Å². The van der Waals surface area contributed by atoms with Crippen LogP contribution in [0.15, 0.2) is 16.9 Å². The summed E-state index contributed by atoms with van der Waals surface area (Å²) in [5, 5.41) is 10.1. The number of aromatic amines is 1. The molecule has 62 valence electrons. The van der Waals surface area contributed by atoms with Crippen molar-refractivity contribution in [3.05, 3.63) is 28.3 Å². The Balaban J connectivity index is 2.84. The van der Waals surface area contributed by atoms with Crippen molar-refractivity contribution >= 4 is 17.2 Å². The fourth-order valence-corrected chi connectivity index (χ4v) is 1.12. The monoisotopic (exact) mass is 184 g/mol. The zero-order valence-electron chi connectivity index (χ0n) is 5.99. The molecule has 2 heterocycles. The first-order valence-electron chi connectivity index (χ1n) is 3.30. The van der Waals surface area contributed by atoms with Crippen molar-refractivity contribution in [3.63, 3.8) is 0 Å². The molecular weight excluding hydrogens is 180 g/mol. The lowest BCUT2D eigenvalue weighted by Crippen LogP contribution is -2.10. The fraction of sp³-hybridized carbons (Fsp3) is 0.167. The quantitative estimate of drug-likeness (QED) is 0.642. The molecule has 0 unspecified atom stereocenters. The van der Waals surface area contributed by atoms with Crippen LogP contribution in [0.2, 0.25) is 0 Å². The van der Waals surface area contributed by atoms with E-state index in [-0.39, 0.29) is 11.4 Å². The van der Waals surface area contributed by atoms with Crippen LogP contribution in [0.1, 0.15) is 5.82 Å². The van der Waals surface area contributed by atoms with Crippen LogP contribution in [-0.2, 0) is 5.88 Å². The molecule has 12 heavy (non-hydrogen) atoms. The Morgan fingerprint density at radius 3 is 3.08 bits per heavy atom. The molecule has 0 fully saturated rings. The van der Waals surface area contributed by atoms with Crippen LogP contribution in [0.25, 0.3) is 5.65 Å². The van der Waals surface area contributed by atoms with Crippen molar-refractivity contribution in [2.75, 3.05) is 0 Å². The highest BCUT2D eigenvalue weighted by Crippen LogP contribution is 2.00. The normalized spacial score (nSPS) is 10.8. The molecule has 0 aromatic carbocycles. The van der Waals surface area contributed by atoms with Crippen molar-refractivity contribution in [2.24, 2.45) is 0 Å². The Morgan fingerprint density at radius 2 is 2.33 bits per heavy atom. The van der Waals surface area contributed by atoms with E-state index in [9.17, 15) is 4.79 Å². The standard InChI is InChI=1S/C6H5ClN4O/c7-3-5-9-8-4-1-2-6(12)10-11(4)5/h1-2H,3H2,(H,10,12). The summed E-state index contributed by atoms with van der Waals surface area (Å²) in [6.45, 7) is 0. The predicted octanol–water partition coefficient (Wildman–Crippen LogP) is 0.156. The van der Waals surface area contributed by atoms with Gasteiger partial charge in [0.25, 0.3) is 5.56 Å². The summed E-state index contributed by atoms with van der Waals surface area (Å²) in [4.78, 5) is 10.9. The Kier molecular flexibility index (Phi) is 1.58. The van der Waals surface area contributed by atoms with E-state index in [1.54, 1.807) is 6.07 Å². The first-order valence-corrected chi connectivity index (χ1v) is 3.84. The number of fused-ring (bicyclic) bond motifs is 1. The Labute approximate surface area is 72.0 Å². The summed E-state index contributed by atoms with van der Waals surface area (Å²) in [5.74, 6) is 0.755. The maximum Gasteiger partial charge on any atom is 0.263 e. The molecule has 0 saturated carbocycles. The molecule has 1 N–H and O–H groups in total. The number of hydrogen-bond acceptors (Lipinski definition) is 3. The highest BCUT2D eigenvalue weighted by Gasteiger charge is 2.02. The average Bonchev–Trinajstić information content (AvgIpc) is 2.46. The second kappa shape index (κ2) is 2.60. The number of halogens is 1. The zero-order chi connectivity index (χ0) is 8.55. The van der Waals surface area contributed by atoms with E-state index in [1.165, 1.54) is 10.6 Å². The van der Waals surface area contributed by atoms with Crippen molar-refractivity contribution in [1.82, 2.24) is 19.8 Å². The maximum absolute atomic E-state index is 10.9. The van der Waals surface area contributed by atoms with Gasteiger partial charge in [0.1, 0.15) is 0 Å². The lowest BCUT2D eigenvalue weighted by Gasteiger charge is -1.92. The molecule has 0 radical (unpaired) electrons. The van der Waals surface area contributed by atoms with Gasteiger partial charge in [-0.1, -0.05) is 0 Å². The number of aromatic nitrogens is 4. The highest BCUT2D eigenvalue weighted by atomic mass is 35.5. The van der Waals surface area contributed by atoms with E-state index in [1.807, 2.05) is 0 Å². The highest BCUT2D eigenvalue weighted by molar-refractivity contribution is 6.16. The molecular formula is C6H5ClN4O. The molecule has 5 nitrogen and oxygen atoms in total. The molecule has 0 saturated heterocycles. The Bertz CT molecular complexity index is 460. The van der Waals surface area contributed by atoms with Crippen LogP contribution in [0.4, 0.5) is 0 Å². The van der Waals surface area contributed by atoms with Crippen molar-refractivity contribution in [2.45, 2.75) is 5.88 Å². The van der Waals surface area contributed by atoms with Crippen LogP contribution < -0.4 is 5.56 Å². The van der Waals surface area contributed by atoms with E-state index in [4.69, 9.17) is 11.6 Å². The van der Waals surface area contributed by atoms with Gasteiger partial charge in [0.15, 0.2) is 11.5 Å². The van der Waals surface area contributed by atoms with Crippen LogP contribution in [0, 0.1) is 0 Å². The minimum Gasteiger partial charge on any atom is -0.268 e. The fourth-order valence-electron chi connectivity index (χ4n) is 0.944. The van der Waals surface area contributed by atoms with Gasteiger partial charge in [0.05, 0.1) is 5.88 Å². The predicted molar refractivity (Wildman–Crippen MR) is 43.2 cm³/mol. The molecule has 0 bridgehead atoms. The van der Waals surface area contributed by atoms with E-state index in [2.05, 4.69) is 15.3 Å². The minimum absolute atomic E-state index is 0.200. The number of H-pyrrole nitrogens is 1. The summed E-state index contributed by atoms with van der Waals surface area (Å²) >= 11 is 5.55. The molecule has 0 aliphatic carbocycles. The van der Waals surface area contributed by atoms with Gasteiger partial charge in [-0.2, -0.15) is 0 Å². The van der Waals surface area contributed by atoms with Gasteiger partial charge in [-0.3, -0.25) is 9.89 Å². The second-order valence-corrected chi connectivity index (χ2v) is 2.52. The summed E-state index contributed by atoms with van der Waals surface area (Å²) in [5.41, 5.74) is 0.388. The van der Waals surface area contributed by atoms with Crippen molar-refractivity contribution < 1.29 is 0 Å². The van der Waals surface area contributed by atoms with Gasteiger partial charge in [0, 0.05) is 6.07 Å². The first kappa shape index (κ1) is 7.30. The maximum atomic E-state index is 10.9. The molecule has 0 amide bonds. The van der Waals surface area contributed by atoms with E-state index >= 15 is 0 Å². The Hall–Kier alpha value is -1.36. The molecule has 6 heteroatoms. The molecule has 2 aromatic rings. The second-order valence-electron chi connectivity index (χ2n) is 2.25. The SMILES string of the molecule is O=c1ccc2nnc(CCl)n2[nH]1. The summed E-state index contributed by atoms with van der Waals surface area (Å²) < 4.78 is 1.47. The first-order chi connectivity index (χ1) is 5.81. The topological polar surface area (TPSA) is 63.1 Å². The third kappa shape index (κ3) is 0.984. The van der Waals surface area contributed by atoms with Gasteiger partial charge in [-0.15, -0.1) is 21.8 Å². The lowest BCUT2D eigenvalue weighted by molar-refractivity contribution is 0.844. The smallest absolute Gasteiger partial charge is 0.263 e. The van der Waals surface area contributed by atoms with Gasteiger partial charge < -0.3 is 0 Å². The van der Waals surface area contributed by atoms with Crippen molar-refractivity contribution in [1.29, 1.82) is 0 Å². The molecule has 0 aliphatic rings. The largest absolute Gasteiger partial charge is 0.268 e. The Morgan fingerprint density at radius 1 is 1.50 bits per heavy atom. The molecule has 0 atom stereocenters. The van der Waals surface area contributed by atoms with Gasteiger partial charge in [-0.25, -0.2) is 4.52 Å². The van der Waals surface area contributed by atoms with Crippen LogP contribution in [0.3, 0.4) is 0 Å². The average molecular weight is 185 g/mol. The summed E-state index contributed by atoms with van der Waals surface area (Å²) in [7, 11) is 0. The van der Waals surface area contributed by atoms with Crippen LogP contribution in [-0.4, -0.2) is 19.8 Å². The molecule has 2 rings (SSSR count). The molecule has 0 spiro atoms. The van der Waals surface area contributed by atoms with Crippen LogP contribution >= 0.6 is 11.6 Å². The molecule has 0 aliphatic heterocycles. The number of hydrogen-bond donors (Lipinski definition) is 1. The number of nitrogens with zero attached hydrogens (tertiary/aromatic N) is 3. The summed E-state index contributed by atoms with van der Waals surface area (Å²) in [6.07, 6.45) is 0. The van der Waals surface area contributed by atoms with Gasteiger partial charge in [-0.05, 0) is 6.07 Å². The number of nitrogens with one attached hydrogen (secondary N) is 1. The van der Waals surface area contributed by atoms with Crippen LogP contribution in [0.5, 0.6) is 0 Å². The third-order valence-electron chi connectivity index (χ3n) is 1.48.